The maximum Gasteiger partial charge on any atom is 0.154 e. The molecule has 0 unspecified atom stereocenters. The Labute approximate surface area is 75.7 Å². The fourth-order valence-corrected chi connectivity index (χ4v) is 1.51. The van der Waals surface area contributed by atoms with E-state index in [2.05, 4.69) is 19.2 Å². The second kappa shape index (κ2) is 4.04. The molecule has 0 aliphatic rings. The maximum absolute atomic E-state index is 11.6. The van der Waals surface area contributed by atoms with Crippen molar-refractivity contribution in [3.63, 3.8) is 0 Å². The zero-order valence-electron chi connectivity index (χ0n) is 9.06. The topological polar surface area (TPSA) is 29.1 Å². The monoisotopic (exact) mass is 171 g/mol. The first-order chi connectivity index (χ1) is 5.27. The van der Waals surface area contributed by atoms with E-state index in [9.17, 15) is 4.79 Å². The van der Waals surface area contributed by atoms with E-state index in [1.807, 2.05) is 27.7 Å². The summed E-state index contributed by atoms with van der Waals surface area (Å²) in [6, 6.07) is 0.350. The van der Waals surface area contributed by atoms with Gasteiger partial charge in [-0.1, -0.05) is 13.8 Å². The lowest BCUT2D eigenvalue weighted by atomic mass is 9.90. The molecular weight excluding hydrogens is 150 g/mol. The van der Waals surface area contributed by atoms with Crippen molar-refractivity contribution in [3.05, 3.63) is 0 Å². The van der Waals surface area contributed by atoms with Gasteiger partial charge in [0.2, 0.25) is 0 Å². The van der Waals surface area contributed by atoms with Crippen molar-refractivity contribution >= 4 is 5.78 Å². The second-order valence-corrected chi connectivity index (χ2v) is 4.44. The van der Waals surface area contributed by atoms with Crippen molar-refractivity contribution in [3.8, 4) is 0 Å². The van der Waals surface area contributed by atoms with Crippen LogP contribution in [-0.4, -0.2) is 17.4 Å². The molecule has 0 saturated heterocycles. The van der Waals surface area contributed by atoms with Gasteiger partial charge >= 0.3 is 0 Å². The van der Waals surface area contributed by atoms with Crippen molar-refractivity contribution in [2.24, 2.45) is 5.92 Å². The van der Waals surface area contributed by atoms with Gasteiger partial charge in [-0.25, -0.2) is 0 Å². The highest BCUT2D eigenvalue weighted by Gasteiger charge is 2.29. The van der Waals surface area contributed by atoms with Gasteiger partial charge in [0.1, 0.15) is 0 Å². The highest BCUT2D eigenvalue weighted by atomic mass is 16.1. The normalized spacial score (nSPS) is 12.7. The zero-order valence-corrected chi connectivity index (χ0v) is 9.06. The van der Waals surface area contributed by atoms with E-state index < -0.39 is 0 Å². The molecule has 0 rings (SSSR count). The van der Waals surface area contributed by atoms with Crippen LogP contribution < -0.4 is 5.32 Å². The van der Waals surface area contributed by atoms with E-state index in [0.29, 0.717) is 6.04 Å². The first-order valence-electron chi connectivity index (χ1n) is 4.59. The summed E-state index contributed by atoms with van der Waals surface area (Å²) in [5.74, 6) is 0.377. The van der Waals surface area contributed by atoms with Crippen molar-refractivity contribution in [2.45, 2.75) is 53.1 Å². The summed E-state index contributed by atoms with van der Waals surface area (Å²) in [5.41, 5.74) is -0.387. The quantitative estimate of drug-likeness (QED) is 0.701. The Morgan fingerprint density at radius 3 is 1.83 bits per heavy atom. The molecule has 72 valence electrons. The molecule has 0 aliphatic heterocycles. The molecular formula is C10H21NO. The van der Waals surface area contributed by atoms with Crippen LogP contribution >= 0.6 is 0 Å². The van der Waals surface area contributed by atoms with Gasteiger partial charge in [0, 0.05) is 12.0 Å². The molecule has 0 fully saturated rings. The first-order valence-corrected chi connectivity index (χ1v) is 4.59. The minimum absolute atomic E-state index is 0.103. The largest absolute Gasteiger partial charge is 0.303 e. The molecule has 0 aromatic heterocycles. The molecule has 0 amide bonds. The number of rotatable bonds is 4. The van der Waals surface area contributed by atoms with Crippen LogP contribution in [0.5, 0.6) is 0 Å². The zero-order chi connectivity index (χ0) is 9.94. The second-order valence-electron chi connectivity index (χ2n) is 4.44. The first kappa shape index (κ1) is 11.6. The summed E-state index contributed by atoms with van der Waals surface area (Å²) < 4.78 is 0. The Balaban J connectivity index is 4.29. The highest BCUT2D eigenvalue weighted by Crippen LogP contribution is 2.11. The summed E-state index contributed by atoms with van der Waals surface area (Å²) in [5, 5.41) is 3.25. The average Bonchev–Trinajstić information content (AvgIpc) is 1.82. The highest BCUT2D eigenvalue weighted by molar-refractivity contribution is 5.89. The van der Waals surface area contributed by atoms with E-state index in [1.54, 1.807) is 0 Å². The Kier molecular flexibility index (Phi) is 3.91. The molecule has 12 heavy (non-hydrogen) atoms. The maximum atomic E-state index is 11.6. The van der Waals surface area contributed by atoms with Gasteiger partial charge in [-0.15, -0.1) is 0 Å². The van der Waals surface area contributed by atoms with E-state index in [1.165, 1.54) is 0 Å². The molecule has 0 radical (unpaired) electrons. The van der Waals surface area contributed by atoms with E-state index >= 15 is 0 Å². The summed E-state index contributed by atoms with van der Waals surface area (Å²) in [4.78, 5) is 11.6. The lowest BCUT2D eigenvalue weighted by molar-refractivity contribution is -0.127. The van der Waals surface area contributed by atoms with Crippen molar-refractivity contribution < 1.29 is 4.79 Å². The minimum atomic E-state index is -0.387. The molecule has 0 atom stereocenters. The molecule has 0 spiro atoms. The minimum Gasteiger partial charge on any atom is -0.303 e. The number of ketones is 1. The van der Waals surface area contributed by atoms with E-state index in [4.69, 9.17) is 0 Å². The number of Topliss-reactive ketones (excluding diaryl/α,β-unsaturated/α-hetero) is 1. The van der Waals surface area contributed by atoms with Crippen LogP contribution in [0.2, 0.25) is 0 Å². The number of hydrogen-bond donors (Lipinski definition) is 1. The van der Waals surface area contributed by atoms with Gasteiger partial charge < -0.3 is 5.32 Å². The van der Waals surface area contributed by atoms with Crippen molar-refractivity contribution in [2.75, 3.05) is 0 Å². The fourth-order valence-electron chi connectivity index (χ4n) is 1.51. The van der Waals surface area contributed by atoms with Crippen LogP contribution in [0, 0.1) is 5.92 Å². The summed E-state index contributed by atoms with van der Waals surface area (Å²) in [6.07, 6.45) is 0. The molecule has 1 N–H and O–H groups in total. The van der Waals surface area contributed by atoms with Crippen LogP contribution in [0.15, 0.2) is 0 Å². The summed E-state index contributed by atoms with van der Waals surface area (Å²) in [6.45, 7) is 11.9. The van der Waals surface area contributed by atoms with Gasteiger partial charge in [-0.05, 0) is 27.7 Å². The third kappa shape index (κ3) is 3.35. The molecule has 2 heteroatoms. The standard InChI is InChI=1S/C10H21NO/c1-7(2)9(12)10(5,6)11-8(3)4/h7-8,11H,1-6H3. The fraction of sp³-hybridized carbons (Fsp3) is 0.900. The summed E-state index contributed by atoms with van der Waals surface area (Å²) >= 11 is 0. The molecule has 0 heterocycles. The SMILES string of the molecule is CC(C)NC(C)(C)C(=O)C(C)C. The predicted octanol–water partition coefficient (Wildman–Crippen LogP) is 1.99. The van der Waals surface area contributed by atoms with Gasteiger partial charge in [-0.3, -0.25) is 4.79 Å². The molecule has 0 saturated carbocycles. The molecule has 2 nitrogen and oxygen atoms in total. The Bertz CT molecular complexity index is 159. The number of carbonyl (C=O) groups is 1. The van der Waals surface area contributed by atoms with Gasteiger partial charge in [0.15, 0.2) is 5.78 Å². The number of nitrogens with one attached hydrogen (secondary N) is 1. The van der Waals surface area contributed by atoms with Gasteiger partial charge in [0.25, 0.3) is 0 Å². The predicted molar refractivity (Wildman–Crippen MR) is 52.2 cm³/mol. The smallest absolute Gasteiger partial charge is 0.154 e. The van der Waals surface area contributed by atoms with Crippen molar-refractivity contribution in [1.29, 1.82) is 0 Å². The lowest BCUT2D eigenvalue weighted by Crippen LogP contribution is -2.51. The summed E-state index contributed by atoms with van der Waals surface area (Å²) in [7, 11) is 0. The van der Waals surface area contributed by atoms with Crippen LogP contribution in [-0.2, 0) is 4.79 Å². The molecule has 0 aromatic rings. The number of hydrogen-bond acceptors (Lipinski definition) is 2. The van der Waals surface area contributed by atoms with Crippen LogP contribution in [0.1, 0.15) is 41.5 Å². The van der Waals surface area contributed by atoms with Gasteiger partial charge in [-0.2, -0.15) is 0 Å². The van der Waals surface area contributed by atoms with Crippen molar-refractivity contribution in [1.82, 2.24) is 5.32 Å². The Morgan fingerprint density at radius 2 is 1.58 bits per heavy atom. The van der Waals surface area contributed by atoms with Crippen LogP contribution in [0.25, 0.3) is 0 Å². The van der Waals surface area contributed by atoms with Crippen LogP contribution in [0.3, 0.4) is 0 Å². The van der Waals surface area contributed by atoms with E-state index in [0.717, 1.165) is 0 Å². The molecule has 0 aromatic carbocycles. The third-order valence-corrected chi connectivity index (χ3v) is 1.79. The molecule has 0 aliphatic carbocycles. The van der Waals surface area contributed by atoms with Gasteiger partial charge in [0.05, 0.1) is 5.54 Å². The van der Waals surface area contributed by atoms with Crippen LogP contribution in [0.4, 0.5) is 0 Å². The Hall–Kier alpha value is -0.370. The molecule has 0 bridgehead atoms. The number of carbonyl (C=O) groups excluding carboxylic acids is 1. The van der Waals surface area contributed by atoms with E-state index in [-0.39, 0.29) is 17.2 Å². The lowest BCUT2D eigenvalue weighted by Gasteiger charge is -2.28. The third-order valence-electron chi connectivity index (χ3n) is 1.79. The Morgan fingerprint density at radius 1 is 1.17 bits per heavy atom. The average molecular weight is 171 g/mol.